The molecular weight excluding hydrogens is 260 g/mol. The quantitative estimate of drug-likeness (QED) is 0.837. The van der Waals surface area contributed by atoms with Crippen LogP contribution in [0.25, 0.3) is 0 Å². The summed E-state index contributed by atoms with van der Waals surface area (Å²) in [5, 5.41) is 2.52. The molecule has 7 nitrogen and oxygen atoms in total. The Kier molecular flexibility index (Phi) is 4.86. The first kappa shape index (κ1) is 14.2. The Morgan fingerprint density at radius 1 is 1.55 bits per heavy atom. The van der Waals surface area contributed by atoms with Crippen LogP contribution in [0.15, 0.2) is 18.6 Å². The van der Waals surface area contributed by atoms with Crippen LogP contribution >= 0.6 is 0 Å². The number of rotatable bonds is 4. The molecule has 0 saturated carbocycles. The monoisotopic (exact) mass is 278 g/mol. The van der Waals surface area contributed by atoms with Gasteiger partial charge >= 0.3 is 0 Å². The first-order chi connectivity index (χ1) is 9.65. The van der Waals surface area contributed by atoms with E-state index in [0.29, 0.717) is 19.0 Å². The molecule has 0 aromatic carbocycles. The van der Waals surface area contributed by atoms with Crippen LogP contribution in [0.1, 0.15) is 19.8 Å². The van der Waals surface area contributed by atoms with Gasteiger partial charge in [0.15, 0.2) is 0 Å². The molecule has 1 aliphatic heterocycles. The molecule has 7 heteroatoms. The van der Waals surface area contributed by atoms with Gasteiger partial charge in [-0.2, -0.15) is 0 Å². The van der Waals surface area contributed by atoms with E-state index < -0.39 is 0 Å². The second-order valence-electron chi connectivity index (χ2n) is 4.68. The third kappa shape index (κ3) is 4.18. The lowest BCUT2D eigenvalue weighted by Gasteiger charge is -2.32. The molecule has 1 aliphatic rings. The van der Waals surface area contributed by atoms with E-state index in [9.17, 15) is 9.59 Å². The van der Waals surface area contributed by atoms with Crippen LogP contribution in [0.2, 0.25) is 0 Å². The van der Waals surface area contributed by atoms with Gasteiger partial charge in [0.25, 0.3) is 0 Å². The van der Waals surface area contributed by atoms with Crippen molar-refractivity contribution in [3.8, 4) is 5.88 Å². The average molecular weight is 278 g/mol. The number of hydrogen-bond acceptors (Lipinski definition) is 5. The molecular formula is C13H18N4O3. The van der Waals surface area contributed by atoms with E-state index in [4.69, 9.17) is 4.74 Å². The molecule has 0 radical (unpaired) electrons. The number of ether oxygens (including phenoxy) is 1. The number of carbonyl (C=O) groups excluding carboxylic acids is 2. The Balaban J connectivity index is 1.85. The number of amides is 2. The summed E-state index contributed by atoms with van der Waals surface area (Å²) in [5.41, 5.74) is 0. The molecule has 0 aliphatic carbocycles. The van der Waals surface area contributed by atoms with Crippen LogP contribution in [0.4, 0.5) is 0 Å². The molecule has 0 unspecified atom stereocenters. The summed E-state index contributed by atoms with van der Waals surface area (Å²) in [7, 11) is 0. The van der Waals surface area contributed by atoms with Crippen molar-refractivity contribution in [3.05, 3.63) is 18.6 Å². The van der Waals surface area contributed by atoms with Gasteiger partial charge in [-0.1, -0.05) is 0 Å². The van der Waals surface area contributed by atoms with Crippen molar-refractivity contribution in [2.75, 3.05) is 19.6 Å². The van der Waals surface area contributed by atoms with Crippen molar-refractivity contribution in [2.24, 2.45) is 0 Å². The van der Waals surface area contributed by atoms with E-state index in [-0.39, 0.29) is 24.5 Å². The number of piperidine rings is 1. The lowest BCUT2D eigenvalue weighted by atomic mass is 10.1. The molecule has 1 N–H and O–H groups in total. The minimum atomic E-state index is -0.204. The first-order valence-electron chi connectivity index (χ1n) is 6.60. The zero-order chi connectivity index (χ0) is 14.4. The maximum atomic E-state index is 11.9. The van der Waals surface area contributed by atoms with Gasteiger partial charge < -0.3 is 15.0 Å². The fourth-order valence-corrected chi connectivity index (χ4v) is 2.09. The van der Waals surface area contributed by atoms with Crippen LogP contribution in [-0.2, 0) is 9.59 Å². The largest absolute Gasteiger partial charge is 0.472 e. The highest BCUT2D eigenvalue weighted by molar-refractivity contribution is 5.83. The third-order valence-corrected chi connectivity index (χ3v) is 3.06. The van der Waals surface area contributed by atoms with Gasteiger partial charge in [-0.25, -0.2) is 9.97 Å². The summed E-state index contributed by atoms with van der Waals surface area (Å²) in [5.74, 6) is 0.224. The molecule has 20 heavy (non-hydrogen) atoms. The van der Waals surface area contributed by atoms with Crippen molar-refractivity contribution in [1.29, 1.82) is 0 Å². The van der Waals surface area contributed by atoms with Crippen molar-refractivity contribution in [3.63, 3.8) is 0 Å². The number of nitrogens with zero attached hydrogens (tertiary/aromatic N) is 3. The number of nitrogens with one attached hydrogen (secondary N) is 1. The minimum Gasteiger partial charge on any atom is -0.472 e. The maximum Gasteiger partial charge on any atom is 0.242 e. The number of hydrogen-bond donors (Lipinski definition) is 1. The summed E-state index contributed by atoms with van der Waals surface area (Å²) < 4.78 is 5.73. The molecule has 1 atom stereocenters. The SMILES string of the molecule is CC(=O)NCC(=O)N1CCC[C@H](Oc2ccncn2)C1. The molecule has 1 fully saturated rings. The van der Waals surface area contributed by atoms with E-state index in [2.05, 4.69) is 15.3 Å². The second kappa shape index (κ2) is 6.83. The standard InChI is InChI=1S/C13H18N4O3/c1-10(18)15-7-13(19)17-6-2-3-11(8-17)20-12-4-5-14-9-16-12/h4-5,9,11H,2-3,6-8H2,1H3,(H,15,18)/t11-/m0/s1. The van der Waals surface area contributed by atoms with E-state index in [1.165, 1.54) is 13.3 Å². The van der Waals surface area contributed by atoms with Crippen molar-refractivity contribution >= 4 is 11.8 Å². The lowest BCUT2D eigenvalue weighted by Crippen LogP contribution is -2.47. The van der Waals surface area contributed by atoms with E-state index in [1.807, 2.05) is 0 Å². The highest BCUT2D eigenvalue weighted by Crippen LogP contribution is 2.15. The van der Waals surface area contributed by atoms with Gasteiger partial charge in [0, 0.05) is 25.7 Å². The van der Waals surface area contributed by atoms with Crippen LogP contribution in [-0.4, -0.2) is 52.4 Å². The van der Waals surface area contributed by atoms with Crippen LogP contribution < -0.4 is 10.1 Å². The Labute approximate surface area is 117 Å². The molecule has 1 saturated heterocycles. The van der Waals surface area contributed by atoms with E-state index in [0.717, 1.165) is 12.8 Å². The maximum absolute atomic E-state index is 11.9. The van der Waals surface area contributed by atoms with Gasteiger partial charge in [-0.05, 0) is 12.8 Å². The zero-order valence-electron chi connectivity index (χ0n) is 11.4. The minimum absolute atomic E-state index is 0.0373. The smallest absolute Gasteiger partial charge is 0.242 e. The first-order valence-corrected chi connectivity index (χ1v) is 6.60. The topological polar surface area (TPSA) is 84.4 Å². The molecule has 2 heterocycles. The number of likely N-dealkylation sites (tertiary alicyclic amines) is 1. The molecule has 108 valence electrons. The fourth-order valence-electron chi connectivity index (χ4n) is 2.09. The summed E-state index contributed by atoms with van der Waals surface area (Å²) in [6, 6.07) is 1.69. The van der Waals surface area contributed by atoms with Crippen molar-refractivity contribution < 1.29 is 14.3 Å². The van der Waals surface area contributed by atoms with Crippen LogP contribution in [0, 0.1) is 0 Å². The predicted octanol–water partition coefficient (Wildman–Crippen LogP) is -0.0175. The number of carbonyl (C=O) groups is 2. The Morgan fingerprint density at radius 2 is 2.40 bits per heavy atom. The lowest BCUT2D eigenvalue weighted by molar-refractivity contribution is -0.134. The van der Waals surface area contributed by atoms with E-state index in [1.54, 1.807) is 17.2 Å². The van der Waals surface area contributed by atoms with Gasteiger partial charge in [0.1, 0.15) is 12.4 Å². The Morgan fingerprint density at radius 3 is 3.10 bits per heavy atom. The molecule has 1 aromatic rings. The summed E-state index contributed by atoms with van der Waals surface area (Å²) >= 11 is 0. The Bertz CT molecular complexity index is 466. The molecule has 2 rings (SSSR count). The normalized spacial score (nSPS) is 18.4. The van der Waals surface area contributed by atoms with Gasteiger partial charge in [0.2, 0.25) is 17.7 Å². The average Bonchev–Trinajstić information content (AvgIpc) is 2.46. The van der Waals surface area contributed by atoms with Crippen LogP contribution in [0.3, 0.4) is 0 Å². The highest BCUT2D eigenvalue weighted by Gasteiger charge is 2.25. The van der Waals surface area contributed by atoms with E-state index >= 15 is 0 Å². The van der Waals surface area contributed by atoms with Gasteiger partial charge in [-0.3, -0.25) is 9.59 Å². The predicted molar refractivity (Wildman–Crippen MR) is 70.9 cm³/mol. The summed E-state index contributed by atoms with van der Waals surface area (Å²) in [4.78, 5) is 32.3. The van der Waals surface area contributed by atoms with Crippen molar-refractivity contribution in [1.82, 2.24) is 20.2 Å². The summed E-state index contributed by atoms with van der Waals surface area (Å²) in [6.45, 7) is 2.64. The molecule has 0 spiro atoms. The fraction of sp³-hybridized carbons (Fsp3) is 0.538. The van der Waals surface area contributed by atoms with Gasteiger partial charge in [0.05, 0.1) is 13.1 Å². The highest BCUT2D eigenvalue weighted by atomic mass is 16.5. The zero-order valence-corrected chi connectivity index (χ0v) is 11.4. The molecule has 0 bridgehead atoms. The molecule has 2 amide bonds. The van der Waals surface area contributed by atoms with Gasteiger partial charge in [-0.15, -0.1) is 0 Å². The second-order valence-corrected chi connectivity index (χ2v) is 4.68. The summed E-state index contributed by atoms with van der Waals surface area (Å²) in [6.07, 6.45) is 4.73. The Hall–Kier alpha value is -2.18. The number of aromatic nitrogens is 2. The molecule has 1 aromatic heterocycles. The van der Waals surface area contributed by atoms with Crippen LogP contribution in [0.5, 0.6) is 5.88 Å². The third-order valence-electron chi connectivity index (χ3n) is 3.06. The van der Waals surface area contributed by atoms with Crippen molar-refractivity contribution in [2.45, 2.75) is 25.9 Å².